The number of hydrogen-bond acceptors (Lipinski definition) is 0. The summed E-state index contributed by atoms with van der Waals surface area (Å²) in [4.78, 5) is 0. The molecule has 0 aromatic heterocycles. The molecule has 2 aromatic carbocycles. The van der Waals surface area contributed by atoms with E-state index in [4.69, 9.17) is 0 Å². The van der Waals surface area contributed by atoms with E-state index in [0.717, 1.165) is 0 Å². The number of rotatable bonds is 6. The maximum atomic E-state index is 2.36. The van der Waals surface area contributed by atoms with E-state index < -0.39 is 0 Å². The van der Waals surface area contributed by atoms with Gasteiger partial charge in [0.05, 0.1) is 0 Å². The number of unbranched alkanes of at least 4 members (excludes halogenated alkanes) is 2. The van der Waals surface area contributed by atoms with Crippen LogP contribution in [0.4, 0.5) is 0 Å². The largest absolute Gasteiger partial charge is 0.0654 e. The van der Waals surface area contributed by atoms with Crippen molar-refractivity contribution in [1.82, 2.24) is 0 Å². The molecule has 0 radical (unpaired) electrons. The predicted octanol–water partition coefficient (Wildman–Crippen LogP) is 6.04. The van der Waals surface area contributed by atoms with Crippen molar-refractivity contribution < 1.29 is 0 Å². The molecule has 19 heavy (non-hydrogen) atoms. The van der Waals surface area contributed by atoms with Crippen LogP contribution in [0.2, 0.25) is 0 Å². The molecule has 0 saturated heterocycles. The lowest BCUT2D eigenvalue weighted by Crippen LogP contribution is -1.97. The molecular weight excluding hydrogens is 228 g/mol. The van der Waals surface area contributed by atoms with Gasteiger partial charge in [-0.3, -0.25) is 0 Å². The molecule has 100 valence electrons. The maximum Gasteiger partial charge on any atom is -0.0149 e. The Morgan fingerprint density at radius 3 is 2.26 bits per heavy atom. The first-order valence-corrected chi connectivity index (χ1v) is 7.47. The fourth-order valence-corrected chi connectivity index (χ4v) is 2.66. The fraction of sp³-hybridized carbons (Fsp3) is 0.368. The molecule has 0 amide bonds. The van der Waals surface area contributed by atoms with Gasteiger partial charge < -0.3 is 0 Å². The first-order chi connectivity index (χ1) is 9.33. The lowest BCUT2D eigenvalue weighted by Gasteiger charge is -2.16. The molecule has 0 saturated carbocycles. The van der Waals surface area contributed by atoms with Crippen molar-refractivity contribution in [3.8, 4) is 11.1 Å². The van der Waals surface area contributed by atoms with Crippen LogP contribution in [0.1, 0.15) is 51.0 Å². The van der Waals surface area contributed by atoms with Crippen molar-refractivity contribution in [2.24, 2.45) is 0 Å². The molecule has 0 fully saturated rings. The second-order valence-corrected chi connectivity index (χ2v) is 5.35. The molecule has 1 unspecified atom stereocenters. The van der Waals surface area contributed by atoms with Crippen molar-refractivity contribution in [3.05, 3.63) is 60.2 Å². The van der Waals surface area contributed by atoms with Gasteiger partial charge in [-0.15, -0.1) is 0 Å². The minimum atomic E-state index is 0.642. The summed E-state index contributed by atoms with van der Waals surface area (Å²) < 4.78 is 0. The molecule has 2 aromatic rings. The highest BCUT2D eigenvalue weighted by atomic mass is 14.2. The summed E-state index contributed by atoms with van der Waals surface area (Å²) in [6, 6.07) is 19.6. The summed E-state index contributed by atoms with van der Waals surface area (Å²) in [5, 5.41) is 0. The molecule has 0 spiro atoms. The Morgan fingerprint density at radius 1 is 0.842 bits per heavy atom. The van der Waals surface area contributed by atoms with Crippen LogP contribution in [-0.2, 0) is 0 Å². The minimum absolute atomic E-state index is 0.642. The van der Waals surface area contributed by atoms with E-state index in [-0.39, 0.29) is 0 Å². The van der Waals surface area contributed by atoms with E-state index >= 15 is 0 Å². The van der Waals surface area contributed by atoms with Crippen LogP contribution < -0.4 is 0 Å². The lowest BCUT2D eigenvalue weighted by atomic mass is 9.88. The van der Waals surface area contributed by atoms with E-state index in [1.807, 2.05) is 0 Å². The topological polar surface area (TPSA) is 0 Å². The standard InChI is InChI=1S/C19H24/c1-3-4-6-11-16(2)18-14-9-10-15-19(18)17-12-7-5-8-13-17/h5,7-10,12-16H,3-4,6,11H2,1-2H3. The van der Waals surface area contributed by atoms with Gasteiger partial charge in [0, 0.05) is 0 Å². The summed E-state index contributed by atoms with van der Waals surface area (Å²) in [5.74, 6) is 0.642. The van der Waals surface area contributed by atoms with Gasteiger partial charge in [-0.05, 0) is 29.0 Å². The average Bonchev–Trinajstić information content (AvgIpc) is 2.48. The smallest absolute Gasteiger partial charge is 0.0149 e. The van der Waals surface area contributed by atoms with E-state index in [9.17, 15) is 0 Å². The summed E-state index contributed by atoms with van der Waals surface area (Å²) in [7, 11) is 0. The van der Waals surface area contributed by atoms with Crippen LogP contribution in [0.5, 0.6) is 0 Å². The Bertz CT molecular complexity index is 484. The third-order valence-corrected chi connectivity index (χ3v) is 3.82. The highest BCUT2D eigenvalue weighted by Crippen LogP contribution is 2.31. The zero-order valence-corrected chi connectivity index (χ0v) is 12.1. The van der Waals surface area contributed by atoms with Gasteiger partial charge in [-0.25, -0.2) is 0 Å². The molecule has 0 aliphatic heterocycles. The van der Waals surface area contributed by atoms with Crippen LogP contribution in [0, 0.1) is 0 Å². The van der Waals surface area contributed by atoms with Crippen LogP contribution in [0.15, 0.2) is 54.6 Å². The first kappa shape index (κ1) is 13.9. The Labute approximate surface area is 117 Å². The van der Waals surface area contributed by atoms with Crippen molar-refractivity contribution in [2.45, 2.75) is 45.4 Å². The molecule has 0 aliphatic carbocycles. The average molecular weight is 252 g/mol. The number of benzene rings is 2. The maximum absolute atomic E-state index is 2.36. The van der Waals surface area contributed by atoms with Gasteiger partial charge in [0.1, 0.15) is 0 Å². The lowest BCUT2D eigenvalue weighted by molar-refractivity contribution is 0.599. The highest BCUT2D eigenvalue weighted by molar-refractivity contribution is 5.67. The molecule has 0 N–H and O–H groups in total. The molecule has 0 heteroatoms. The van der Waals surface area contributed by atoms with Crippen LogP contribution in [0.3, 0.4) is 0 Å². The molecule has 0 bridgehead atoms. The molecule has 0 nitrogen and oxygen atoms in total. The van der Waals surface area contributed by atoms with Gasteiger partial charge in [-0.2, -0.15) is 0 Å². The Morgan fingerprint density at radius 2 is 1.53 bits per heavy atom. The fourth-order valence-electron chi connectivity index (χ4n) is 2.66. The summed E-state index contributed by atoms with van der Waals surface area (Å²) >= 11 is 0. The second-order valence-electron chi connectivity index (χ2n) is 5.35. The van der Waals surface area contributed by atoms with Crippen molar-refractivity contribution >= 4 is 0 Å². The van der Waals surface area contributed by atoms with Gasteiger partial charge in [0.15, 0.2) is 0 Å². The summed E-state index contributed by atoms with van der Waals surface area (Å²) in [6.07, 6.45) is 5.27. The van der Waals surface area contributed by atoms with Crippen molar-refractivity contribution in [2.75, 3.05) is 0 Å². The SMILES string of the molecule is CCCCCC(C)c1ccccc1-c1ccccc1. The van der Waals surface area contributed by atoms with Crippen LogP contribution in [-0.4, -0.2) is 0 Å². The van der Waals surface area contributed by atoms with E-state index in [0.29, 0.717) is 5.92 Å². The normalized spacial score (nSPS) is 12.3. The van der Waals surface area contributed by atoms with E-state index in [1.165, 1.54) is 42.4 Å². The van der Waals surface area contributed by atoms with Crippen molar-refractivity contribution in [3.63, 3.8) is 0 Å². The third kappa shape index (κ3) is 3.70. The number of hydrogen-bond donors (Lipinski definition) is 0. The van der Waals surface area contributed by atoms with Gasteiger partial charge in [-0.1, -0.05) is 87.7 Å². The van der Waals surface area contributed by atoms with E-state index in [1.54, 1.807) is 0 Å². The summed E-state index contributed by atoms with van der Waals surface area (Å²) in [6.45, 7) is 4.63. The first-order valence-electron chi connectivity index (χ1n) is 7.47. The quantitative estimate of drug-likeness (QED) is 0.550. The molecular formula is C19H24. The highest BCUT2D eigenvalue weighted by Gasteiger charge is 2.10. The molecule has 0 aliphatic rings. The van der Waals surface area contributed by atoms with E-state index in [2.05, 4.69) is 68.4 Å². The third-order valence-electron chi connectivity index (χ3n) is 3.82. The van der Waals surface area contributed by atoms with Crippen LogP contribution >= 0.6 is 0 Å². The van der Waals surface area contributed by atoms with Crippen LogP contribution in [0.25, 0.3) is 11.1 Å². The van der Waals surface area contributed by atoms with Gasteiger partial charge in [0.25, 0.3) is 0 Å². The zero-order chi connectivity index (χ0) is 13.5. The molecule has 1 atom stereocenters. The van der Waals surface area contributed by atoms with Crippen molar-refractivity contribution in [1.29, 1.82) is 0 Å². The van der Waals surface area contributed by atoms with Gasteiger partial charge >= 0.3 is 0 Å². The predicted molar refractivity (Wildman–Crippen MR) is 84.4 cm³/mol. The summed E-state index contributed by atoms with van der Waals surface area (Å²) in [5.41, 5.74) is 4.22. The Hall–Kier alpha value is -1.56. The zero-order valence-electron chi connectivity index (χ0n) is 12.1. The second kappa shape index (κ2) is 7.13. The monoisotopic (exact) mass is 252 g/mol. The Kier molecular flexibility index (Phi) is 5.20. The van der Waals surface area contributed by atoms with Gasteiger partial charge in [0.2, 0.25) is 0 Å². The molecule has 2 rings (SSSR count). The Balaban J connectivity index is 2.21. The molecule has 0 heterocycles. The minimum Gasteiger partial charge on any atom is -0.0654 e.